The van der Waals surface area contributed by atoms with Crippen molar-refractivity contribution in [2.45, 2.75) is 73.4 Å². The topological polar surface area (TPSA) is 66.5 Å². The zero-order chi connectivity index (χ0) is 21.0. The maximum Gasteiger partial charge on any atom is 0.243 e. The van der Waals surface area contributed by atoms with Crippen molar-refractivity contribution in [3.63, 3.8) is 0 Å². The zero-order valence-electron chi connectivity index (χ0n) is 17.4. The highest BCUT2D eigenvalue weighted by molar-refractivity contribution is 9.10. The lowest BCUT2D eigenvalue weighted by Gasteiger charge is -2.60. The molecular weight excluding hydrogens is 464 g/mol. The van der Waals surface area contributed by atoms with E-state index < -0.39 is 10.0 Å². The van der Waals surface area contributed by atoms with Gasteiger partial charge in [-0.25, -0.2) is 8.42 Å². The maximum absolute atomic E-state index is 12.9. The summed E-state index contributed by atoms with van der Waals surface area (Å²) < 4.78 is 27.4. The fraction of sp³-hybridized carbons (Fsp3) is 0.696. The molecular formula is C23H31BrN2O3S. The van der Waals surface area contributed by atoms with Crippen LogP contribution in [0.25, 0.3) is 0 Å². The molecule has 4 aliphatic carbocycles. The van der Waals surface area contributed by atoms with Crippen LogP contribution in [-0.4, -0.2) is 36.0 Å². The van der Waals surface area contributed by atoms with Gasteiger partial charge in [0.1, 0.15) is 0 Å². The first-order chi connectivity index (χ1) is 14.3. The van der Waals surface area contributed by atoms with E-state index in [1.54, 1.807) is 28.6 Å². The predicted octanol–water partition coefficient (Wildman–Crippen LogP) is 4.92. The van der Waals surface area contributed by atoms with E-state index in [0.29, 0.717) is 30.1 Å². The van der Waals surface area contributed by atoms with Gasteiger partial charge < -0.3 is 5.32 Å². The van der Waals surface area contributed by atoms with Crippen LogP contribution in [0.2, 0.25) is 0 Å². The molecule has 1 aromatic carbocycles. The molecule has 4 saturated carbocycles. The van der Waals surface area contributed by atoms with Crippen molar-refractivity contribution >= 4 is 37.5 Å². The van der Waals surface area contributed by atoms with E-state index in [0.717, 1.165) is 37.5 Å². The highest BCUT2D eigenvalue weighted by atomic mass is 79.9. The number of anilines is 1. The Kier molecular flexibility index (Phi) is 5.30. The number of amides is 1. The maximum atomic E-state index is 12.9. The van der Waals surface area contributed by atoms with E-state index >= 15 is 0 Å². The molecule has 5 fully saturated rings. The lowest BCUT2D eigenvalue weighted by Crippen LogP contribution is -2.53. The Morgan fingerprint density at radius 2 is 1.67 bits per heavy atom. The first-order valence-electron chi connectivity index (χ1n) is 11.3. The summed E-state index contributed by atoms with van der Waals surface area (Å²) in [5.41, 5.74) is 0.811. The molecule has 1 saturated heterocycles. The monoisotopic (exact) mass is 494 g/mol. The van der Waals surface area contributed by atoms with E-state index in [2.05, 4.69) is 21.2 Å². The molecule has 1 amide bonds. The number of nitrogens with one attached hydrogen (secondary N) is 1. The first-order valence-corrected chi connectivity index (χ1v) is 13.6. The molecule has 0 aromatic heterocycles. The Morgan fingerprint density at radius 1 is 1.03 bits per heavy atom. The fourth-order valence-electron chi connectivity index (χ4n) is 7.05. The second-order valence-electron chi connectivity index (χ2n) is 10.3. The van der Waals surface area contributed by atoms with E-state index in [9.17, 15) is 13.2 Å². The summed E-state index contributed by atoms with van der Waals surface area (Å²) in [6, 6.07) is 6.69. The van der Waals surface area contributed by atoms with Crippen LogP contribution in [0.15, 0.2) is 29.2 Å². The van der Waals surface area contributed by atoms with Crippen LogP contribution in [0.1, 0.15) is 64.2 Å². The van der Waals surface area contributed by atoms with E-state index in [1.807, 2.05) is 0 Å². The predicted molar refractivity (Wildman–Crippen MR) is 121 cm³/mol. The van der Waals surface area contributed by atoms with Crippen molar-refractivity contribution in [2.24, 2.45) is 17.3 Å². The minimum atomic E-state index is -3.43. The van der Waals surface area contributed by atoms with Crippen LogP contribution in [0.5, 0.6) is 0 Å². The molecule has 5 nitrogen and oxygen atoms in total. The van der Waals surface area contributed by atoms with Gasteiger partial charge in [0.2, 0.25) is 15.9 Å². The summed E-state index contributed by atoms with van der Waals surface area (Å²) in [5, 5.41) is 3.02. The minimum absolute atomic E-state index is 0.0553. The van der Waals surface area contributed by atoms with Gasteiger partial charge in [-0.1, -0.05) is 22.4 Å². The zero-order valence-corrected chi connectivity index (χ0v) is 19.8. The molecule has 0 radical (unpaired) electrons. The molecule has 7 heteroatoms. The third kappa shape index (κ3) is 3.97. The van der Waals surface area contributed by atoms with E-state index in [1.165, 1.54) is 32.1 Å². The Morgan fingerprint density at radius 3 is 2.27 bits per heavy atom. The molecule has 4 atom stereocenters. The largest absolute Gasteiger partial charge is 0.326 e. The summed E-state index contributed by atoms with van der Waals surface area (Å²) in [7, 11) is -3.43. The molecule has 1 heterocycles. The molecule has 164 valence electrons. The Hall–Kier alpha value is -0.920. The average molecular weight is 495 g/mol. The van der Waals surface area contributed by atoms with Gasteiger partial charge in [0.15, 0.2) is 0 Å². The molecule has 6 rings (SSSR count). The summed E-state index contributed by atoms with van der Waals surface area (Å²) in [5.74, 6) is 1.58. The normalized spacial score (nSPS) is 36.0. The lowest BCUT2D eigenvalue weighted by molar-refractivity contribution is -0.123. The summed E-state index contributed by atoms with van der Waals surface area (Å²) in [6.45, 7) is 1.19. The van der Waals surface area contributed by atoms with Gasteiger partial charge in [0.05, 0.1) is 4.90 Å². The van der Waals surface area contributed by atoms with Crippen molar-refractivity contribution in [1.29, 1.82) is 0 Å². The van der Waals surface area contributed by atoms with Gasteiger partial charge >= 0.3 is 0 Å². The number of rotatable bonds is 5. The van der Waals surface area contributed by atoms with Crippen molar-refractivity contribution in [2.75, 3.05) is 18.4 Å². The van der Waals surface area contributed by atoms with Crippen LogP contribution in [0.4, 0.5) is 5.69 Å². The van der Waals surface area contributed by atoms with Crippen molar-refractivity contribution in [3.8, 4) is 0 Å². The fourth-order valence-corrected chi connectivity index (χ4v) is 10.1. The number of carbonyl (C=O) groups is 1. The Labute approximate surface area is 188 Å². The van der Waals surface area contributed by atoms with Crippen LogP contribution in [-0.2, 0) is 14.8 Å². The molecule has 1 aliphatic heterocycles. The number of piperidine rings is 1. The number of nitrogens with zero attached hydrogens (tertiary/aromatic N) is 1. The first kappa shape index (κ1) is 21.0. The molecule has 5 aliphatic rings. The van der Waals surface area contributed by atoms with Crippen molar-refractivity contribution in [1.82, 2.24) is 4.31 Å². The van der Waals surface area contributed by atoms with Crippen LogP contribution >= 0.6 is 15.9 Å². The number of benzene rings is 1. The van der Waals surface area contributed by atoms with E-state index in [-0.39, 0.29) is 15.6 Å². The molecule has 0 spiro atoms. The quantitative estimate of drug-likeness (QED) is 0.590. The summed E-state index contributed by atoms with van der Waals surface area (Å²) in [4.78, 5) is 13.2. The van der Waals surface area contributed by atoms with Gasteiger partial charge in [-0.05, 0) is 92.9 Å². The number of alkyl halides is 1. The van der Waals surface area contributed by atoms with Crippen LogP contribution in [0.3, 0.4) is 0 Å². The molecule has 1 aromatic rings. The van der Waals surface area contributed by atoms with Crippen molar-refractivity contribution < 1.29 is 13.2 Å². The Bertz CT molecular complexity index is 910. The second kappa shape index (κ2) is 7.59. The number of hydrogen-bond acceptors (Lipinski definition) is 3. The highest BCUT2D eigenvalue weighted by Crippen LogP contribution is 2.65. The van der Waals surface area contributed by atoms with Crippen LogP contribution < -0.4 is 5.32 Å². The number of carbonyl (C=O) groups excluding carboxylic acids is 1. The molecule has 30 heavy (non-hydrogen) atoms. The van der Waals surface area contributed by atoms with Gasteiger partial charge in [0.25, 0.3) is 0 Å². The standard InChI is InChI=1S/C23H31BrN2O3S/c24-23-13-17-10-18(14-23)12-22(11-17,16-23)15-21(27)25-19-4-6-20(7-5-19)30(28,29)26-8-2-1-3-9-26/h4-7,17-18H,1-3,8-16H2,(H,25,27)/t17-,18+,22?,23?. The van der Waals surface area contributed by atoms with Crippen molar-refractivity contribution in [3.05, 3.63) is 24.3 Å². The minimum Gasteiger partial charge on any atom is -0.326 e. The third-order valence-corrected chi connectivity index (χ3v) is 10.6. The number of halogens is 1. The summed E-state index contributed by atoms with van der Waals surface area (Å²) >= 11 is 4.02. The van der Waals surface area contributed by atoms with E-state index in [4.69, 9.17) is 0 Å². The third-order valence-electron chi connectivity index (χ3n) is 7.74. The highest BCUT2D eigenvalue weighted by Gasteiger charge is 2.57. The summed E-state index contributed by atoms with van der Waals surface area (Å²) in [6.07, 6.45) is 10.8. The SMILES string of the molecule is O=C(CC12C[C@@H]3C[C@@H](CC(Br)(C3)C1)C2)Nc1ccc(S(=O)(=O)N2CCCCC2)cc1. The smallest absolute Gasteiger partial charge is 0.243 e. The second-order valence-corrected chi connectivity index (χ2v) is 13.9. The van der Waals surface area contributed by atoms with Gasteiger partial charge in [-0.15, -0.1) is 0 Å². The molecule has 2 unspecified atom stereocenters. The molecule has 4 bridgehead atoms. The lowest BCUT2D eigenvalue weighted by atomic mass is 9.48. The van der Waals surface area contributed by atoms with Gasteiger partial charge in [0, 0.05) is 29.5 Å². The van der Waals surface area contributed by atoms with Crippen LogP contribution in [0, 0.1) is 17.3 Å². The Balaban J connectivity index is 1.24. The number of sulfonamides is 1. The van der Waals surface area contributed by atoms with Gasteiger partial charge in [-0.3, -0.25) is 4.79 Å². The average Bonchev–Trinajstić information content (AvgIpc) is 2.66. The molecule has 1 N–H and O–H groups in total. The van der Waals surface area contributed by atoms with Gasteiger partial charge in [-0.2, -0.15) is 4.31 Å². The number of hydrogen-bond donors (Lipinski definition) is 1.